The topological polar surface area (TPSA) is 119 Å². The summed E-state index contributed by atoms with van der Waals surface area (Å²) in [6.07, 6.45) is 59.9. The van der Waals surface area contributed by atoms with E-state index in [9.17, 15) is 19.5 Å². The lowest BCUT2D eigenvalue weighted by molar-refractivity contribution is -0.150. The molecule has 0 aliphatic heterocycles. The molecule has 346 valence electrons. The Morgan fingerprint density at radius 1 is 0.500 bits per heavy atom. The number of unbranched alkanes of at least 4 members (excludes halogenated alkanes) is 21. The van der Waals surface area contributed by atoms with Crippen molar-refractivity contribution in [1.29, 1.82) is 0 Å². The molecule has 0 radical (unpaired) electrons. The number of allylic oxidation sites excluding steroid dienone is 10. The van der Waals surface area contributed by atoms with Gasteiger partial charge in [-0.15, -0.1) is 0 Å². The Morgan fingerprint density at radius 2 is 0.933 bits per heavy atom. The standard InChI is InChI=1S/C53H94N2O5/c1-3-5-7-9-11-13-15-17-18-19-20-21-22-23-24-26-28-30-32-37-41-47-52(57)60-49(43-38-34-31-29-27-25-16-14-12-10-8-6-4-2)44-39-35-33-36-40-46-51(56)55-50(53(58)59)45-42-48-54/h5,7,11,13,17-18,20-21,29,31,49-50H,3-4,6,8-10,12,14-16,19,22-28,30,32-48,54H2,1-2H3,(H,55,56)(H,58,59)/b7-5-,13-11-,18-17-,21-20-,31-29-. The number of hydrogen-bond acceptors (Lipinski definition) is 5. The molecular weight excluding hydrogens is 745 g/mol. The number of rotatable bonds is 45. The summed E-state index contributed by atoms with van der Waals surface area (Å²) >= 11 is 0. The molecule has 0 aromatic heterocycles. The van der Waals surface area contributed by atoms with Crippen LogP contribution in [-0.2, 0) is 19.1 Å². The fourth-order valence-electron chi connectivity index (χ4n) is 7.33. The number of carbonyl (C=O) groups excluding carboxylic acids is 2. The minimum absolute atomic E-state index is 0.0254. The van der Waals surface area contributed by atoms with Gasteiger partial charge in [-0.2, -0.15) is 0 Å². The summed E-state index contributed by atoms with van der Waals surface area (Å²) in [5.74, 6) is -1.26. The number of amides is 1. The summed E-state index contributed by atoms with van der Waals surface area (Å²) in [6, 6.07) is -0.862. The Hall–Kier alpha value is -2.93. The van der Waals surface area contributed by atoms with Crippen LogP contribution in [0.3, 0.4) is 0 Å². The van der Waals surface area contributed by atoms with Crippen molar-refractivity contribution in [3.63, 3.8) is 0 Å². The van der Waals surface area contributed by atoms with E-state index in [1.807, 2.05) is 0 Å². The van der Waals surface area contributed by atoms with E-state index >= 15 is 0 Å². The highest BCUT2D eigenvalue weighted by molar-refractivity contribution is 5.83. The van der Waals surface area contributed by atoms with E-state index in [4.69, 9.17) is 10.5 Å². The first-order chi connectivity index (χ1) is 29.4. The van der Waals surface area contributed by atoms with Crippen molar-refractivity contribution in [2.75, 3.05) is 6.54 Å². The van der Waals surface area contributed by atoms with E-state index in [0.717, 1.165) is 103 Å². The minimum atomic E-state index is -1.01. The maximum absolute atomic E-state index is 12.9. The molecule has 2 atom stereocenters. The second-order valence-corrected chi connectivity index (χ2v) is 16.8. The Kier molecular flexibility index (Phi) is 44.8. The first kappa shape index (κ1) is 57.1. The Morgan fingerprint density at radius 3 is 1.47 bits per heavy atom. The maximum Gasteiger partial charge on any atom is 0.326 e. The van der Waals surface area contributed by atoms with Crippen LogP contribution in [0.5, 0.6) is 0 Å². The first-order valence-electron chi connectivity index (χ1n) is 25.1. The molecule has 1 amide bonds. The summed E-state index contributed by atoms with van der Waals surface area (Å²) in [5, 5.41) is 12.0. The molecule has 2 unspecified atom stereocenters. The van der Waals surface area contributed by atoms with Gasteiger partial charge in [-0.25, -0.2) is 4.79 Å². The van der Waals surface area contributed by atoms with Crippen molar-refractivity contribution in [2.24, 2.45) is 5.73 Å². The molecule has 0 saturated carbocycles. The molecule has 7 heteroatoms. The van der Waals surface area contributed by atoms with Gasteiger partial charge in [-0.3, -0.25) is 9.59 Å². The monoisotopic (exact) mass is 839 g/mol. The maximum atomic E-state index is 12.9. The van der Waals surface area contributed by atoms with Gasteiger partial charge in [0, 0.05) is 12.8 Å². The number of esters is 1. The Labute approximate surface area is 370 Å². The lowest BCUT2D eigenvalue weighted by Crippen LogP contribution is -2.40. The summed E-state index contributed by atoms with van der Waals surface area (Å²) < 4.78 is 6.06. The highest BCUT2D eigenvalue weighted by atomic mass is 16.5. The SMILES string of the molecule is CC/C=C\C/C=C\C/C=C\C/C=C\CCCCCCCCCCC(=O)OC(CCC/C=C\CCCCCCCCCC)CCCCCCCC(=O)NC(CCCN)C(=O)O. The molecule has 4 N–H and O–H groups in total. The van der Waals surface area contributed by atoms with E-state index in [1.165, 1.54) is 96.3 Å². The molecule has 0 saturated heterocycles. The number of aliphatic carboxylic acids is 1. The Bertz CT molecular complexity index is 1130. The van der Waals surface area contributed by atoms with Crippen LogP contribution in [0.25, 0.3) is 0 Å². The van der Waals surface area contributed by atoms with Gasteiger partial charge in [-0.05, 0) is 116 Å². The molecule has 0 spiro atoms. The van der Waals surface area contributed by atoms with Gasteiger partial charge in [0.25, 0.3) is 0 Å². The number of carbonyl (C=O) groups is 3. The van der Waals surface area contributed by atoms with Gasteiger partial charge >= 0.3 is 11.9 Å². The average molecular weight is 839 g/mol. The van der Waals surface area contributed by atoms with E-state index < -0.39 is 12.0 Å². The lowest BCUT2D eigenvalue weighted by atomic mass is 10.0. The quantitative estimate of drug-likeness (QED) is 0.0319. The van der Waals surface area contributed by atoms with Gasteiger partial charge < -0.3 is 20.9 Å². The summed E-state index contributed by atoms with van der Waals surface area (Å²) in [5.41, 5.74) is 5.50. The third kappa shape index (κ3) is 43.2. The van der Waals surface area contributed by atoms with Gasteiger partial charge in [-0.1, -0.05) is 177 Å². The predicted octanol–water partition coefficient (Wildman–Crippen LogP) is 14.9. The third-order valence-corrected chi connectivity index (χ3v) is 11.1. The molecule has 0 aliphatic rings. The van der Waals surface area contributed by atoms with Crippen LogP contribution < -0.4 is 11.1 Å². The summed E-state index contributed by atoms with van der Waals surface area (Å²) in [4.78, 5) is 36.5. The highest BCUT2D eigenvalue weighted by Crippen LogP contribution is 2.18. The van der Waals surface area contributed by atoms with Crippen molar-refractivity contribution in [3.05, 3.63) is 60.8 Å². The molecule has 0 rings (SSSR count). The second kappa shape index (κ2) is 47.1. The largest absolute Gasteiger partial charge is 0.480 e. The van der Waals surface area contributed by atoms with Crippen LogP contribution in [0.4, 0.5) is 0 Å². The molecule has 0 bridgehead atoms. The zero-order valence-electron chi connectivity index (χ0n) is 39.0. The summed E-state index contributed by atoms with van der Waals surface area (Å²) in [7, 11) is 0. The van der Waals surface area contributed by atoms with Crippen molar-refractivity contribution in [3.8, 4) is 0 Å². The van der Waals surface area contributed by atoms with Crippen LogP contribution >= 0.6 is 0 Å². The van der Waals surface area contributed by atoms with Crippen LogP contribution in [0.15, 0.2) is 60.8 Å². The van der Waals surface area contributed by atoms with Gasteiger partial charge in [0.1, 0.15) is 12.1 Å². The van der Waals surface area contributed by atoms with E-state index in [1.54, 1.807) is 0 Å². The smallest absolute Gasteiger partial charge is 0.326 e. The van der Waals surface area contributed by atoms with Gasteiger partial charge in [0.2, 0.25) is 5.91 Å². The van der Waals surface area contributed by atoms with Crippen LogP contribution in [0, 0.1) is 0 Å². The first-order valence-corrected chi connectivity index (χ1v) is 25.1. The summed E-state index contributed by atoms with van der Waals surface area (Å²) in [6.45, 7) is 4.84. The zero-order valence-corrected chi connectivity index (χ0v) is 39.0. The predicted molar refractivity (Wildman–Crippen MR) is 257 cm³/mol. The van der Waals surface area contributed by atoms with Crippen LogP contribution in [0.2, 0.25) is 0 Å². The van der Waals surface area contributed by atoms with Crippen molar-refractivity contribution in [1.82, 2.24) is 5.32 Å². The van der Waals surface area contributed by atoms with Crippen molar-refractivity contribution < 1.29 is 24.2 Å². The second-order valence-electron chi connectivity index (χ2n) is 16.8. The molecule has 0 heterocycles. The molecule has 60 heavy (non-hydrogen) atoms. The lowest BCUT2D eigenvalue weighted by Gasteiger charge is -2.18. The molecule has 7 nitrogen and oxygen atoms in total. The fraction of sp³-hybridized carbons (Fsp3) is 0.755. The molecule has 0 aromatic carbocycles. The number of carboxylic acids is 1. The number of carboxylic acid groups (broad SMARTS) is 1. The van der Waals surface area contributed by atoms with Crippen molar-refractivity contribution in [2.45, 2.75) is 251 Å². The third-order valence-electron chi connectivity index (χ3n) is 11.1. The molecular formula is C53H94N2O5. The molecule has 0 fully saturated rings. The van der Waals surface area contributed by atoms with Gasteiger partial charge in [0.15, 0.2) is 0 Å². The normalized spacial score (nSPS) is 13.1. The highest BCUT2D eigenvalue weighted by Gasteiger charge is 2.19. The van der Waals surface area contributed by atoms with Gasteiger partial charge in [0.05, 0.1) is 0 Å². The number of ether oxygens (including phenoxy) is 1. The van der Waals surface area contributed by atoms with E-state index in [0.29, 0.717) is 32.2 Å². The fourth-order valence-corrected chi connectivity index (χ4v) is 7.33. The average Bonchev–Trinajstić information content (AvgIpc) is 3.23. The van der Waals surface area contributed by atoms with E-state index in [-0.39, 0.29) is 18.0 Å². The minimum Gasteiger partial charge on any atom is -0.480 e. The number of hydrogen-bond donors (Lipinski definition) is 3. The van der Waals surface area contributed by atoms with Crippen LogP contribution in [-0.4, -0.2) is 41.6 Å². The van der Waals surface area contributed by atoms with Crippen molar-refractivity contribution >= 4 is 17.8 Å². The zero-order chi connectivity index (χ0) is 43.8. The molecule has 0 aliphatic carbocycles. The number of nitrogens with two attached hydrogens (primary N) is 1. The van der Waals surface area contributed by atoms with Crippen LogP contribution in [0.1, 0.15) is 239 Å². The number of nitrogens with one attached hydrogen (secondary N) is 1. The Balaban J connectivity index is 4.31. The van der Waals surface area contributed by atoms with E-state index in [2.05, 4.69) is 79.9 Å². The molecule has 0 aromatic rings.